The Morgan fingerprint density at radius 1 is 1.35 bits per heavy atom. The predicted octanol–water partition coefficient (Wildman–Crippen LogP) is 2.14. The highest BCUT2D eigenvalue weighted by atomic mass is 35.5. The number of amides is 1. The summed E-state index contributed by atoms with van der Waals surface area (Å²) in [7, 11) is 0. The molecule has 1 aromatic heterocycles. The lowest BCUT2D eigenvalue weighted by atomic mass is 10.1. The van der Waals surface area contributed by atoms with Gasteiger partial charge in [-0.1, -0.05) is 35.3 Å². The molecule has 2 rings (SSSR count). The number of benzene rings is 1. The minimum atomic E-state index is -1.95. The Morgan fingerprint density at radius 2 is 2.04 bits per heavy atom. The Balaban J connectivity index is 2.38. The summed E-state index contributed by atoms with van der Waals surface area (Å²) in [6.07, 6.45) is 1.50. The highest BCUT2D eigenvalue weighted by Crippen LogP contribution is 2.20. The number of nitrogens with two attached hydrogens (primary N) is 1. The maximum atomic E-state index is 11.3. The maximum absolute atomic E-state index is 11.3. The highest BCUT2D eigenvalue weighted by Gasteiger charge is 2.10. The number of nitrogens with one attached hydrogen (secondary N) is 1. The SMILES string of the molecule is N=c1c(C(N)=O)cc(Cl)cn1Cc1ccc(CS(=O)O)cc1Cl. The molecule has 4 N–H and O–H groups in total. The molecule has 9 heteroatoms. The number of hydrogen-bond acceptors (Lipinski definition) is 3. The van der Waals surface area contributed by atoms with Gasteiger partial charge in [-0.05, 0) is 23.3 Å². The van der Waals surface area contributed by atoms with Gasteiger partial charge in [0.25, 0.3) is 5.91 Å². The first-order chi connectivity index (χ1) is 10.8. The Kier molecular flexibility index (Phi) is 5.59. The fraction of sp³-hybridized carbons (Fsp3) is 0.143. The van der Waals surface area contributed by atoms with Gasteiger partial charge in [0, 0.05) is 11.2 Å². The van der Waals surface area contributed by atoms with Gasteiger partial charge in [-0.2, -0.15) is 0 Å². The number of nitrogens with zero attached hydrogens (tertiary/aromatic N) is 1. The molecule has 0 spiro atoms. The second kappa shape index (κ2) is 7.27. The minimum Gasteiger partial charge on any atom is -0.365 e. The van der Waals surface area contributed by atoms with Crippen LogP contribution in [-0.4, -0.2) is 19.2 Å². The van der Waals surface area contributed by atoms with Crippen molar-refractivity contribution in [1.29, 1.82) is 5.41 Å². The van der Waals surface area contributed by atoms with Gasteiger partial charge in [-0.3, -0.25) is 10.2 Å². The average Bonchev–Trinajstić information content (AvgIpc) is 2.44. The summed E-state index contributed by atoms with van der Waals surface area (Å²) in [4.78, 5) is 11.3. The second-order valence-corrected chi connectivity index (χ2v) is 6.58. The number of aromatic nitrogens is 1. The third-order valence-corrected chi connectivity index (χ3v) is 4.26. The van der Waals surface area contributed by atoms with Crippen molar-refractivity contribution in [3.8, 4) is 0 Å². The van der Waals surface area contributed by atoms with Crippen molar-refractivity contribution in [2.24, 2.45) is 5.73 Å². The zero-order valence-electron chi connectivity index (χ0n) is 11.8. The van der Waals surface area contributed by atoms with E-state index in [0.717, 1.165) is 0 Å². The van der Waals surface area contributed by atoms with Crippen molar-refractivity contribution in [1.82, 2.24) is 4.57 Å². The standard InChI is InChI=1S/C14H13Cl2N3O3S/c15-10-4-11(14(18)20)13(17)19(6-10)5-9-2-1-8(3-12(9)16)7-23(21)22/h1-4,6,17H,5,7H2,(H2,18,20)(H,21,22). The van der Waals surface area contributed by atoms with Crippen molar-refractivity contribution in [2.75, 3.05) is 0 Å². The van der Waals surface area contributed by atoms with Crippen LogP contribution in [-0.2, 0) is 23.4 Å². The molecule has 1 unspecified atom stereocenters. The molecule has 0 aliphatic carbocycles. The van der Waals surface area contributed by atoms with Crippen LogP contribution in [0.2, 0.25) is 10.0 Å². The summed E-state index contributed by atoms with van der Waals surface area (Å²) in [6, 6.07) is 6.31. The molecule has 0 bridgehead atoms. The van der Waals surface area contributed by atoms with E-state index in [2.05, 4.69) is 0 Å². The van der Waals surface area contributed by atoms with Crippen LogP contribution in [0.25, 0.3) is 0 Å². The van der Waals surface area contributed by atoms with Gasteiger partial charge in [0.1, 0.15) is 5.49 Å². The number of carbonyl (C=O) groups is 1. The van der Waals surface area contributed by atoms with Gasteiger partial charge in [0.2, 0.25) is 0 Å². The van der Waals surface area contributed by atoms with Crippen molar-refractivity contribution >= 4 is 40.2 Å². The molecule has 2 aromatic rings. The van der Waals surface area contributed by atoms with E-state index in [9.17, 15) is 9.00 Å². The van der Waals surface area contributed by atoms with Crippen LogP contribution in [0.4, 0.5) is 0 Å². The van der Waals surface area contributed by atoms with Crippen LogP contribution in [0.1, 0.15) is 21.5 Å². The number of hydrogen-bond donors (Lipinski definition) is 3. The maximum Gasteiger partial charge on any atom is 0.252 e. The van der Waals surface area contributed by atoms with Crippen LogP contribution < -0.4 is 11.2 Å². The van der Waals surface area contributed by atoms with Gasteiger partial charge < -0.3 is 14.9 Å². The molecule has 1 amide bonds. The summed E-state index contributed by atoms with van der Waals surface area (Å²) in [5.41, 5.74) is 6.48. The van der Waals surface area contributed by atoms with Crippen LogP contribution in [0, 0.1) is 5.41 Å². The second-order valence-electron chi connectivity index (χ2n) is 4.80. The van der Waals surface area contributed by atoms with Crippen LogP contribution >= 0.6 is 23.2 Å². The predicted molar refractivity (Wildman–Crippen MR) is 88.8 cm³/mol. The van der Waals surface area contributed by atoms with Gasteiger partial charge in [0.15, 0.2) is 11.1 Å². The molecule has 0 saturated carbocycles. The minimum absolute atomic E-state index is 0.0141. The van der Waals surface area contributed by atoms with E-state index < -0.39 is 17.0 Å². The van der Waals surface area contributed by atoms with Gasteiger partial charge >= 0.3 is 0 Å². The molecular weight excluding hydrogens is 361 g/mol. The molecule has 1 aromatic carbocycles. The lowest BCUT2D eigenvalue weighted by Crippen LogP contribution is -2.29. The molecular formula is C14H13Cl2N3O3S. The van der Waals surface area contributed by atoms with Crippen LogP contribution in [0.5, 0.6) is 0 Å². The zero-order valence-corrected chi connectivity index (χ0v) is 14.1. The summed E-state index contributed by atoms with van der Waals surface area (Å²) in [5, 5.41) is 8.68. The van der Waals surface area contributed by atoms with E-state index >= 15 is 0 Å². The fourth-order valence-corrected chi connectivity index (χ4v) is 3.01. The van der Waals surface area contributed by atoms with Crippen LogP contribution in [0.15, 0.2) is 30.5 Å². The van der Waals surface area contributed by atoms with Gasteiger partial charge in [-0.25, -0.2) is 4.21 Å². The Hall–Kier alpha value is -1.67. The first-order valence-corrected chi connectivity index (χ1v) is 8.40. The number of halogens is 2. The van der Waals surface area contributed by atoms with Crippen molar-refractivity contribution in [2.45, 2.75) is 12.3 Å². The molecule has 0 fully saturated rings. The fourth-order valence-electron chi connectivity index (χ4n) is 2.06. The monoisotopic (exact) mass is 373 g/mol. The summed E-state index contributed by atoms with van der Waals surface area (Å²) in [5.74, 6) is -0.752. The van der Waals surface area contributed by atoms with E-state index in [0.29, 0.717) is 16.1 Å². The molecule has 1 heterocycles. The lowest BCUT2D eigenvalue weighted by Gasteiger charge is -2.12. The summed E-state index contributed by atoms with van der Waals surface area (Å²) < 4.78 is 21.2. The average molecular weight is 374 g/mol. The lowest BCUT2D eigenvalue weighted by molar-refractivity contribution is 0.0997. The molecule has 0 aliphatic heterocycles. The molecule has 6 nitrogen and oxygen atoms in total. The Morgan fingerprint density at radius 3 is 2.61 bits per heavy atom. The molecule has 1 atom stereocenters. The van der Waals surface area contributed by atoms with E-state index in [-0.39, 0.29) is 28.4 Å². The van der Waals surface area contributed by atoms with E-state index in [1.54, 1.807) is 18.2 Å². The summed E-state index contributed by atoms with van der Waals surface area (Å²) >= 11 is 10.2. The highest BCUT2D eigenvalue weighted by molar-refractivity contribution is 7.78. The third kappa shape index (κ3) is 4.42. The third-order valence-electron chi connectivity index (χ3n) is 3.12. The normalized spacial score (nSPS) is 12.1. The zero-order chi connectivity index (χ0) is 17.1. The largest absolute Gasteiger partial charge is 0.365 e. The first kappa shape index (κ1) is 17.7. The van der Waals surface area contributed by atoms with Crippen LogP contribution in [0.3, 0.4) is 0 Å². The molecule has 122 valence electrons. The Labute approximate surface area is 144 Å². The van der Waals surface area contributed by atoms with E-state index in [4.69, 9.17) is 38.9 Å². The van der Waals surface area contributed by atoms with E-state index in [1.165, 1.54) is 16.8 Å². The van der Waals surface area contributed by atoms with Crippen molar-refractivity contribution in [3.05, 3.63) is 62.7 Å². The van der Waals surface area contributed by atoms with Gasteiger partial charge in [0.05, 0.1) is 22.9 Å². The molecule has 0 radical (unpaired) electrons. The van der Waals surface area contributed by atoms with Crippen molar-refractivity contribution < 1.29 is 13.6 Å². The molecule has 23 heavy (non-hydrogen) atoms. The number of rotatable bonds is 5. The Bertz CT molecular complexity index is 852. The number of primary amides is 1. The van der Waals surface area contributed by atoms with E-state index in [1.807, 2.05) is 0 Å². The smallest absolute Gasteiger partial charge is 0.252 e. The topological polar surface area (TPSA) is 109 Å². The number of carbonyl (C=O) groups excluding carboxylic acids is 1. The summed E-state index contributed by atoms with van der Waals surface area (Å²) in [6.45, 7) is 0.209. The number of pyridine rings is 1. The first-order valence-electron chi connectivity index (χ1n) is 6.37. The molecule has 0 saturated heterocycles. The van der Waals surface area contributed by atoms with Crippen molar-refractivity contribution in [3.63, 3.8) is 0 Å². The quantitative estimate of drug-likeness (QED) is 0.698. The van der Waals surface area contributed by atoms with Gasteiger partial charge in [-0.15, -0.1) is 0 Å². The molecule has 0 aliphatic rings.